The van der Waals surface area contributed by atoms with Crippen molar-refractivity contribution in [2.75, 3.05) is 46.3 Å². The van der Waals surface area contributed by atoms with Gasteiger partial charge in [-0.2, -0.15) is 9.41 Å². The van der Waals surface area contributed by atoms with Crippen LogP contribution in [-0.4, -0.2) is 66.2 Å². The van der Waals surface area contributed by atoms with Crippen molar-refractivity contribution in [2.24, 2.45) is 11.0 Å². The molecule has 0 spiro atoms. The van der Waals surface area contributed by atoms with Gasteiger partial charge in [0.1, 0.15) is 0 Å². The lowest BCUT2D eigenvalue weighted by atomic mass is 9.98. The highest BCUT2D eigenvalue weighted by atomic mass is 32.2. The first-order valence-corrected chi connectivity index (χ1v) is 12.0. The quantitative estimate of drug-likeness (QED) is 0.466. The molecular formula is C23H30N4O5S. The predicted molar refractivity (Wildman–Crippen MR) is 128 cm³/mol. The average Bonchev–Trinajstić information content (AvgIpc) is 2.83. The fraction of sp³-hybridized carbons (Fsp3) is 0.391. The fourth-order valence-corrected chi connectivity index (χ4v) is 5.09. The highest BCUT2D eigenvalue weighted by Gasteiger charge is 2.32. The molecule has 2 aromatic carbocycles. The Balaban J connectivity index is 1.56. The van der Waals surface area contributed by atoms with Crippen molar-refractivity contribution in [3.63, 3.8) is 0 Å². The number of rotatable bonds is 8. The molecule has 0 aliphatic carbocycles. The molecule has 1 aliphatic heterocycles. The minimum Gasteiger partial charge on any atom is -0.493 e. The van der Waals surface area contributed by atoms with Crippen molar-refractivity contribution < 1.29 is 22.7 Å². The Kier molecular flexibility index (Phi) is 7.93. The average molecular weight is 475 g/mol. The summed E-state index contributed by atoms with van der Waals surface area (Å²) in [7, 11) is 3.18. The van der Waals surface area contributed by atoms with Crippen LogP contribution in [0.25, 0.3) is 0 Å². The summed E-state index contributed by atoms with van der Waals surface area (Å²) < 4.78 is 37.8. The lowest BCUT2D eigenvalue weighted by molar-refractivity contribution is -0.126. The predicted octanol–water partition coefficient (Wildman–Crippen LogP) is 2.32. The Bertz CT molecular complexity index is 1090. The van der Waals surface area contributed by atoms with Gasteiger partial charge in [-0.3, -0.25) is 4.79 Å². The van der Waals surface area contributed by atoms with Gasteiger partial charge in [-0.05, 0) is 42.7 Å². The van der Waals surface area contributed by atoms with Gasteiger partial charge in [-0.1, -0.05) is 12.1 Å². The minimum absolute atomic E-state index is 0.132. The molecule has 0 atom stereocenters. The molecule has 1 N–H and O–H groups in total. The number of methoxy groups -OCH3 is 2. The van der Waals surface area contributed by atoms with E-state index in [1.165, 1.54) is 30.7 Å². The van der Waals surface area contributed by atoms with E-state index in [2.05, 4.69) is 10.5 Å². The number of anilines is 1. The first-order chi connectivity index (χ1) is 15.8. The highest BCUT2D eigenvalue weighted by Crippen LogP contribution is 2.32. The van der Waals surface area contributed by atoms with Gasteiger partial charge in [-0.25, -0.2) is 13.8 Å². The molecular weight excluding hydrogens is 444 g/mol. The lowest BCUT2D eigenvalue weighted by Gasteiger charge is -2.30. The maximum absolute atomic E-state index is 13.0. The Morgan fingerprint density at radius 3 is 2.27 bits per heavy atom. The van der Waals surface area contributed by atoms with Crippen molar-refractivity contribution in [3.05, 3.63) is 48.0 Å². The van der Waals surface area contributed by atoms with Crippen LogP contribution >= 0.6 is 0 Å². The third kappa shape index (κ3) is 5.82. The van der Waals surface area contributed by atoms with Crippen LogP contribution in [0.2, 0.25) is 0 Å². The zero-order valence-electron chi connectivity index (χ0n) is 19.3. The number of nitrogens with one attached hydrogen (secondary N) is 1. The van der Waals surface area contributed by atoms with E-state index in [1.54, 1.807) is 12.3 Å². The van der Waals surface area contributed by atoms with E-state index < -0.39 is 10.0 Å². The summed E-state index contributed by atoms with van der Waals surface area (Å²) in [4.78, 5) is 14.6. The van der Waals surface area contributed by atoms with Gasteiger partial charge < -0.3 is 14.4 Å². The zero-order valence-corrected chi connectivity index (χ0v) is 20.1. The molecule has 9 nitrogen and oxygen atoms in total. The molecule has 0 radical (unpaired) electrons. The molecule has 3 rings (SSSR count). The summed E-state index contributed by atoms with van der Waals surface area (Å²) in [5, 5.41) is 4.05. The summed E-state index contributed by atoms with van der Waals surface area (Å²) in [6.07, 6.45) is 2.44. The number of carbonyl (C=O) groups excluding carboxylic acids is 1. The number of amides is 1. The van der Waals surface area contributed by atoms with Gasteiger partial charge in [-0.15, -0.1) is 0 Å². The molecule has 1 saturated heterocycles. The number of sulfonamides is 1. The Morgan fingerprint density at radius 1 is 1.06 bits per heavy atom. The summed E-state index contributed by atoms with van der Waals surface area (Å²) in [6, 6.07) is 12.3. The number of ether oxygens (including phenoxy) is 2. The van der Waals surface area contributed by atoms with Gasteiger partial charge in [0.2, 0.25) is 15.9 Å². The molecule has 10 heteroatoms. The van der Waals surface area contributed by atoms with E-state index in [1.807, 2.05) is 43.3 Å². The largest absolute Gasteiger partial charge is 0.493 e. The smallest absolute Gasteiger partial charge is 0.243 e. The Hall–Kier alpha value is -3.11. The molecule has 1 amide bonds. The van der Waals surface area contributed by atoms with Gasteiger partial charge in [0.15, 0.2) is 11.5 Å². The van der Waals surface area contributed by atoms with Gasteiger partial charge in [0.05, 0.1) is 25.3 Å². The normalized spacial score (nSPS) is 15.4. The van der Waals surface area contributed by atoms with Crippen molar-refractivity contribution in [2.45, 2.75) is 17.7 Å². The van der Waals surface area contributed by atoms with Crippen LogP contribution in [0.5, 0.6) is 11.5 Å². The van der Waals surface area contributed by atoms with E-state index in [0.717, 1.165) is 11.3 Å². The number of benzene rings is 2. The van der Waals surface area contributed by atoms with E-state index in [4.69, 9.17) is 9.47 Å². The van der Waals surface area contributed by atoms with Crippen LogP contribution in [0.1, 0.15) is 18.4 Å². The van der Waals surface area contributed by atoms with Crippen LogP contribution in [0.3, 0.4) is 0 Å². The van der Waals surface area contributed by atoms with Crippen molar-refractivity contribution in [3.8, 4) is 11.5 Å². The van der Waals surface area contributed by atoms with Crippen LogP contribution < -0.4 is 19.8 Å². The number of hydrogen-bond acceptors (Lipinski definition) is 7. The summed E-state index contributed by atoms with van der Waals surface area (Å²) in [5.41, 5.74) is 4.52. The number of nitrogens with zero attached hydrogens (tertiary/aromatic N) is 3. The van der Waals surface area contributed by atoms with E-state index in [-0.39, 0.29) is 29.8 Å². The standard InChI is InChI=1S/C23H30N4O5S/c1-26(2)19-7-5-17(6-8-19)16-24-25-23(28)18-11-13-27(14-12-18)33(29,30)20-9-10-21(31-3)22(15-20)32-4/h5-10,15-16,18H,11-14H2,1-4H3,(H,25,28)/b24-16-. The van der Waals surface area contributed by atoms with Crippen molar-refractivity contribution in [1.82, 2.24) is 9.73 Å². The SMILES string of the molecule is COc1ccc(S(=O)(=O)N2CCC(C(=O)N/N=C\c3ccc(N(C)C)cc3)CC2)cc1OC. The maximum Gasteiger partial charge on any atom is 0.243 e. The van der Waals surface area contributed by atoms with Crippen LogP contribution in [-0.2, 0) is 14.8 Å². The molecule has 2 aromatic rings. The number of hydrazone groups is 1. The third-order valence-electron chi connectivity index (χ3n) is 5.62. The van der Waals surface area contributed by atoms with Crippen LogP contribution in [0.4, 0.5) is 5.69 Å². The zero-order chi connectivity index (χ0) is 24.0. The topological polar surface area (TPSA) is 101 Å². The molecule has 33 heavy (non-hydrogen) atoms. The Labute approximate surface area is 195 Å². The number of hydrogen-bond donors (Lipinski definition) is 1. The maximum atomic E-state index is 13.0. The molecule has 0 bridgehead atoms. The van der Waals surface area contributed by atoms with E-state index >= 15 is 0 Å². The second kappa shape index (κ2) is 10.7. The van der Waals surface area contributed by atoms with Gasteiger partial charge >= 0.3 is 0 Å². The molecule has 1 fully saturated rings. The number of piperidine rings is 1. The minimum atomic E-state index is -3.70. The van der Waals surface area contributed by atoms with Crippen LogP contribution in [0.15, 0.2) is 52.5 Å². The molecule has 0 aromatic heterocycles. The summed E-state index contributed by atoms with van der Waals surface area (Å²) in [5.74, 6) is 0.303. The second-order valence-corrected chi connectivity index (χ2v) is 9.85. The van der Waals surface area contributed by atoms with Crippen LogP contribution in [0, 0.1) is 5.92 Å². The third-order valence-corrected chi connectivity index (χ3v) is 7.51. The summed E-state index contributed by atoms with van der Waals surface area (Å²) in [6.45, 7) is 0.509. The molecule has 0 saturated carbocycles. The first kappa shape index (κ1) is 24.5. The van der Waals surface area contributed by atoms with E-state index in [0.29, 0.717) is 24.3 Å². The molecule has 0 unspecified atom stereocenters. The van der Waals surface area contributed by atoms with Gasteiger partial charge in [0.25, 0.3) is 0 Å². The second-order valence-electron chi connectivity index (χ2n) is 7.92. The Morgan fingerprint density at radius 2 is 1.70 bits per heavy atom. The fourth-order valence-electron chi connectivity index (χ4n) is 3.60. The van der Waals surface area contributed by atoms with Gasteiger partial charge in [0, 0.05) is 44.9 Å². The molecule has 1 heterocycles. The molecule has 1 aliphatic rings. The summed E-state index contributed by atoms with van der Waals surface area (Å²) >= 11 is 0. The van der Waals surface area contributed by atoms with Crippen molar-refractivity contribution in [1.29, 1.82) is 0 Å². The highest BCUT2D eigenvalue weighted by molar-refractivity contribution is 7.89. The van der Waals surface area contributed by atoms with E-state index in [9.17, 15) is 13.2 Å². The monoisotopic (exact) mass is 474 g/mol. The van der Waals surface area contributed by atoms with Crippen molar-refractivity contribution >= 4 is 27.8 Å². The number of carbonyl (C=O) groups is 1. The molecule has 178 valence electrons. The first-order valence-electron chi connectivity index (χ1n) is 10.6. The lowest BCUT2D eigenvalue weighted by Crippen LogP contribution is -2.42.